The molecule has 19 heteroatoms. The lowest BCUT2D eigenvalue weighted by molar-refractivity contribution is -0.220. The molecular weight excluding hydrogens is 864 g/mol. The molecule has 6 rings (SSSR count). The summed E-state index contributed by atoms with van der Waals surface area (Å²) in [4.78, 5) is 35.3. The van der Waals surface area contributed by atoms with Gasteiger partial charge >= 0.3 is 18.8 Å². The van der Waals surface area contributed by atoms with E-state index in [-0.39, 0.29) is 24.2 Å². The molecule has 0 saturated carbocycles. The van der Waals surface area contributed by atoms with Crippen molar-refractivity contribution in [3.63, 3.8) is 0 Å². The van der Waals surface area contributed by atoms with Crippen molar-refractivity contribution in [2.75, 3.05) is 57.9 Å². The van der Waals surface area contributed by atoms with Gasteiger partial charge in [-0.2, -0.15) is 27.1 Å². The minimum Gasteiger partial charge on any atom is -0.453 e. The first-order valence-corrected chi connectivity index (χ1v) is 21.2. The van der Waals surface area contributed by atoms with E-state index < -0.39 is 78.2 Å². The van der Waals surface area contributed by atoms with E-state index >= 15 is 8.78 Å². The second-order valence-corrected chi connectivity index (χ2v) is 16.7. The van der Waals surface area contributed by atoms with Crippen molar-refractivity contribution in [3.05, 3.63) is 101 Å². The van der Waals surface area contributed by atoms with Crippen LogP contribution in [0.4, 0.5) is 41.3 Å². The maximum Gasteiger partial charge on any atom is 0.407 e. The number of aliphatic hydroxyl groups is 1. The molecule has 2 fully saturated rings. The van der Waals surface area contributed by atoms with Gasteiger partial charge in [-0.25, -0.2) is 23.2 Å². The number of carbonyl (C=O) groups is 2. The zero-order valence-corrected chi connectivity index (χ0v) is 36.2. The van der Waals surface area contributed by atoms with E-state index in [0.29, 0.717) is 27.4 Å². The van der Waals surface area contributed by atoms with Crippen LogP contribution in [0, 0.1) is 34.8 Å². The zero-order valence-electron chi connectivity index (χ0n) is 36.2. The number of Topliss-reactive ketones (excluding diaryl/α,β-unsaturated/α-hetero) is 1. The van der Waals surface area contributed by atoms with E-state index in [4.69, 9.17) is 4.74 Å². The number of carbonyl (C=O) groups excluding carboxylic acids is 2. The SMILES string of the molecule is COC(=O)N[C@H](C(=O)C[C@@H](Cc1ccc(C#Cc2ccc(N3CCN(C4CCOCC4)CC3)nc2)cc1)[C@@H](O)CNCc1c(F)cc(-c2ccn(C(F)F)n2)cc1F)C(C)(C)C(F)(F)F. The maximum absolute atomic E-state index is 15.1. The molecule has 0 aliphatic carbocycles. The quantitative estimate of drug-likeness (QED) is 0.0806. The second kappa shape index (κ2) is 21.6. The van der Waals surface area contributed by atoms with Gasteiger partial charge in [-0.15, -0.1) is 0 Å². The molecule has 2 saturated heterocycles. The number of aliphatic hydroxyl groups excluding tert-OH is 1. The molecule has 3 N–H and O–H groups in total. The number of alkyl carbamates (subject to hydrolysis) is 1. The summed E-state index contributed by atoms with van der Waals surface area (Å²) in [6, 6.07) is 12.2. The summed E-state index contributed by atoms with van der Waals surface area (Å²) in [7, 11) is 0.938. The molecule has 2 aromatic carbocycles. The van der Waals surface area contributed by atoms with Gasteiger partial charge in [0, 0.05) is 99.6 Å². The molecule has 0 unspecified atom stereocenters. The van der Waals surface area contributed by atoms with Crippen LogP contribution in [-0.2, 0) is 27.2 Å². The monoisotopic (exact) mass is 915 g/mol. The molecule has 2 aliphatic rings. The number of halogens is 7. The van der Waals surface area contributed by atoms with Crippen LogP contribution in [0.5, 0.6) is 0 Å². The molecule has 0 bridgehead atoms. The topological polar surface area (TPSA) is 134 Å². The molecule has 4 heterocycles. The Morgan fingerprint density at radius 1 is 0.954 bits per heavy atom. The molecule has 12 nitrogen and oxygen atoms in total. The summed E-state index contributed by atoms with van der Waals surface area (Å²) in [6.07, 6.45) is -3.54. The number of hydrogen-bond acceptors (Lipinski definition) is 10. The summed E-state index contributed by atoms with van der Waals surface area (Å²) >= 11 is 0. The number of aromatic nitrogens is 3. The fourth-order valence-electron chi connectivity index (χ4n) is 7.94. The first kappa shape index (κ1) is 48.9. The van der Waals surface area contributed by atoms with E-state index in [1.807, 2.05) is 17.4 Å². The number of ether oxygens (including phenoxy) is 2. The van der Waals surface area contributed by atoms with E-state index in [1.165, 1.54) is 6.07 Å². The van der Waals surface area contributed by atoms with E-state index in [2.05, 4.69) is 41.8 Å². The van der Waals surface area contributed by atoms with Crippen LogP contribution < -0.4 is 15.5 Å². The van der Waals surface area contributed by atoms with Gasteiger partial charge in [0.05, 0.1) is 24.3 Å². The number of piperazine rings is 1. The predicted molar refractivity (Wildman–Crippen MR) is 227 cm³/mol. The van der Waals surface area contributed by atoms with E-state index in [9.17, 15) is 36.6 Å². The second-order valence-electron chi connectivity index (χ2n) is 16.7. The lowest BCUT2D eigenvalue weighted by Gasteiger charge is -2.41. The normalized spacial score (nSPS) is 16.7. The highest BCUT2D eigenvalue weighted by Crippen LogP contribution is 2.41. The molecule has 0 spiro atoms. The smallest absolute Gasteiger partial charge is 0.407 e. The maximum atomic E-state index is 15.1. The number of ketones is 1. The van der Waals surface area contributed by atoms with Crippen LogP contribution in [0.25, 0.3) is 11.3 Å². The Balaban J connectivity index is 1.13. The van der Waals surface area contributed by atoms with Gasteiger partial charge in [0.2, 0.25) is 0 Å². The average Bonchev–Trinajstić information content (AvgIpc) is 3.80. The van der Waals surface area contributed by atoms with Crippen molar-refractivity contribution in [1.29, 1.82) is 0 Å². The van der Waals surface area contributed by atoms with Crippen molar-refractivity contribution in [3.8, 4) is 23.1 Å². The Labute approximate surface area is 372 Å². The number of amides is 1. The van der Waals surface area contributed by atoms with Gasteiger partial charge in [0.1, 0.15) is 23.5 Å². The number of benzene rings is 2. The van der Waals surface area contributed by atoms with Crippen molar-refractivity contribution in [2.24, 2.45) is 11.3 Å². The molecular formula is C46H52F7N7O5. The first-order valence-electron chi connectivity index (χ1n) is 21.2. The highest BCUT2D eigenvalue weighted by molar-refractivity contribution is 5.88. The number of rotatable bonds is 16. The minimum atomic E-state index is -4.94. The number of pyridine rings is 1. The zero-order chi connectivity index (χ0) is 46.9. The highest BCUT2D eigenvalue weighted by atomic mass is 19.4. The van der Waals surface area contributed by atoms with Gasteiger partial charge in [0.15, 0.2) is 5.78 Å². The highest BCUT2D eigenvalue weighted by Gasteiger charge is 2.55. The van der Waals surface area contributed by atoms with Crippen LogP contribution in [0.1, 0.15) is 61.9 Å². The van der Waals surface area contributed by atoms with E-state index in [1.54, 1.807) is 30.5 Å². The molecule has 1 amide bonds. The van der Waals surface area contributed by atoms with Crippen LogP contribution >= 0.6 is 0 Å². The Bertz CT molecular complexity index is 2260. The minimum absolute atomic E-state index is 0.0307. The summed E-state index contributed by atoms with van der Waals surface area (Å²) in [6.45, 7) is 3.03. The van der Waals surface area contributed by atoms with Gasteiger partial charge in [0.25, 0.3) is 0 Å². The third-order valence-electron chi connectivity index (χ3n) is 12.0. The number of anilines is 1. The molecule has 4 aromatic rings. The van der Waals surface area contributed by atoms with Crippen molar-refractivity contribution in [1.82, 2.24) is 30.3 Å². The lowest BCUT2D eigenvalue weighted by atomic mass is 9.77. The molecule has 65 heavy (non-hydrogen) atoms. The average molecular weight is 916 g/mol. The fourth-order valence-corrected chi connectivity index (χ4v) is 7.94. The molecule has 2 aromatic heterocycles. The molecule has 2 aliphatic heterocycles. The van der Waals surface area contributed by atoms with Gasteiger partial charge in [-0.05, 0) is 87.1 Å². The third kappa shape index (κ3) is 12.6. The van der Waals surface area contributed by atoms with Crippen molar-refractivity contribution in [2.45, 2.75) is 77.0 Å². The summed E-state index contributed by atoms with van der Waals surface area (Å²) in [5, 5.41) is 19.8. The standard InChI is InChI=1S/C46H52F7N7O5/c1-45(2,46(51,52)53)42(56-44(63)64-3)39(61)25-33(40(62)28-54-27-35-36(47)23-32(24-37(35)48)38-12-15-60(57-38)43(49)50)22-30-7-4-29(5-8-30)6-9-31-10-11-41(55-26-31)59-18-16-58(17-19-59)34-13-20-65-21-14-34/h4-5,7-8,10-12,15,23-24,26,33-34,40,42-43,54,62H,13-14,16-22,25,27-28H2,1-3H3,(H,56,63)/t33-,40+,42-/m1/s1. The third-order valence-corrected chi connectivity index (χ3v) is 12.0. The predicted octanol–water partition coefficient (Wildman–Crippen LogP) is 6.90. The number of alkyl halides is 5. The van der Waals surface area contributed by atoms with Crippen LogP contribution in [-0.4, -0.2) is 114 Å². The van der Waals surface area contributed by atoms with Gasteiger partial charge in [-0.1, -0.05) is 24.0 Å². The Morgan fingerprint density at radius 2 is 1.60 bits per heavy atom. The van der Waals surface area contributed by atoms with Crippen LogP contribution in [0.2, 0.25) is 0 Å². The number of hydrogen-bond donors (Lipinski definition) is 3. The Hall–Kier alpha value is -5.55. The number of nitrogens with zero attached hydrogens (tertiary/aromatic N) is 5. The van der Waals surface area contributed by atoms with Crippen LogP contribution in [0.3, 0.4) is 0 Å². The van der Waals surface area contributed by atoms with Gasteiger partial charge in [-0.3, -0.25) is 9.69 Å². The summed E-state index contributed by atoms with van der Waals surface area (Å²) in [5.74, 6) is 2.91. The number of nitrogens with one attached hydrogen (secondary N) is 2. The molecule has 0 radical (unpaired) electrons. The Kier molecular flexibility index (Phi) is 16.3. The Morgan fingerprint density at radius 3 is 2.18 bits per heavy atom. The number of methoxy groups -OCH3 is 1. The molecule has 3 atom stereocenters. The van der Waals surface area contributed by atoms with Gasteiger partial charge < -0.3 is 30.1 Å². The van der Waals surface area contributed by atoms with Crippen molar-refractivity contribution < 1.29 is 54.9 Å². The van der Waals surface area contributed by atoms with Crippen molar-refractivity contribution >= 4 is 17.7 Å². The first-order chi connectivity index (χ1) is 30.9. The summed E-state index contributed by atoms with van der Waals surface area (Å²) < 4.78 is 109. The largest absolute Gasteiger partial charge is 0.453 e. The van der Waals surface area contributed by atoms with Crippen LogP contribution in [0.15, 0.2) is 67.0 Å². The fraction of sp³-hybridized carbons (Fsp3) is 0.478. The molecule has 350 valence electrons. The summed E-state index contributed by atoms with van der Waals surface area (Å²) in [5.41, 5.74) is -1.46. The van der Waals surface area contributed by atoms with E-state index in [0.717, 1.165) is 97.3 Å². The lowest BCUT2D eigenvalue weighted by Crippen LogP contribution is -2.56.